The van der Waals surface area contributed by atoms with Crippen molar-refractivity contribution in [2.45, 2.75) is 31.8 Å². The van der Waals surface area contributed by atoms with Crippen molar-refractivity contribution in [2.24, 2.45) is 0 Å². The summed E-state index contributed by atoms with van der Waals surface area (Å²) < 4.78 is 7.33. The third kappa shape index (κ3) is 4.83. The average molecular weight is 394 g/mol. The first-order valence-corrected chi connectivity index (χ1v) is 10.0. The topological polar surface area (TPSA) is 88.2 Å². The van der Waals surface area contributed by atoms with Crippen molar-refractivity contribution >= 4 is 6.03 Å². The Labute approximate surface area is 169 Å². The molecule has 29 heavy (non-hydrogen) atoms. The van der Waals surface area contributed by atoms with Gasteiger partial charge in [0, 0.05) is 37.2 Å². The van der Waals surface area contributed by atoms with Crippen molar-refractivity contribution in [1.82, 2.24) is 30.3 Å². The normalized spacial score (nSPS) is 15.7. The van der Waals surface area contributed by atoms with E-state index in [-0.39, 0.29) is 12.1 Å². The van der Waals surface area contributed by atoms with Crippen LogP contribution in [0, 0.1) is 0 Å². The van der Waals surface area contributed by atoms with Crippen molar-refractivity contribution < 1.29 is 9.21 Å². The molecule has 1 aliphatic heterocycles. The summed E-state index contributed by atoms with van der Waals surface area (Å²) in [6.45, 7) is 2.91. The van der Waals surface area contributed by atoms with Crippen LogP contribution in [0.25, 0.3) is 5.82 Å². The molecule has 0 aromatic carbocycles. The summed E-state index contributed by atoms with van der Waals surface area (Å²) in [4.78, 5) is 19.2. The molecule has 3 aromatic rings. The van der Waals surface area contributed by atoms with Crippen LogP contribution >= 0.6 is 0 Å². The number of aromatic nitrogens is 3. The number of carbonyl (C=O) groups is 1. The molecule has 3 aromatic heterocycles. The highest BCUT2D eigenvalue weighted by atomic mass is 16.3. The lowest BCUT2D eigenvalue weighted by atomic mass is 10.1. The van der Waals surface area contributed by atoms with Crippen LogP contribution in [-0.2, 0) is 6.54 Å². The molecule has 2 N–H and O–H groups in total. The van der Waals surface area contributed by atoms with Crippen LogP contribution in [0.15, 0.2) is 59.6 Å². The summed E-state index contributed by atoms with van der Waals surface area (Å²) in [6, 6.07) is 9.34. The summed E-state index contributed by atoms with van der Waals surface area (Å²) >= 11 is 0. The first-order chi connectivity index (χ1) is 14.3. The Morgan fingerprint density at radius 3 is 2.76 bits per heavy atom. The molecule has 1 unspecified atom stereocenters. The van der Waals surface area contributed by atoms with E-state index in [2.05, 4.69) is 25.6 Å². The highest BCUT2D eigenvalue weighted by molar-refractivity contribution is 5.74. The van der Waals surface area contributed by atoms with Gasteiger partial charge < -0.3 is 15.1 Å². The molecule has 8 heteroatoms. The molecule has 152 valence electrons. The van der Waals surface area contributed by atoms with Gasteiger partial charge in [-0.2, -0.15) is 5.10 Å². The summed E-state index contributed by atoms with van der Waals surface area (Å²) in [5, 5.41) is 10.1. The van der Waals surface area contributed by atoms with Gasteiger partial charge in [-0.3, -0.25) is 4.90 Å². The lowest BCUT2D eigenvalue weighted by Gasteiger charge is -2.33. The number of hydrogen-bond acceptors (Lipinski definition) is 5. The van der Waals surface area contributed by atoms with Gasteiger partial charge in [0.15, 0.2) is 5.82 Å². The maximum Gasteiger partial charge on any atom is 0.315 e. The molecule has 0 aliphatic carbocycles. The molecule has 4 heterocycles. The van der Waals surface area contributed by atoms with E-state index < -0.39 is 0 Å². The van der Waals surface area contributed by atoms with E-state index in [1.165, 1.54) is 19.3 Å². The number of amides is 2. The van der Waals surface area contributed by atoms with E-state index in [1.54, 1.807) is 23.3 Å². The Morgan fingerprint density at radius 1 is 1.10 bits per heavy atom. The maximum absolute atomic E-state index is 12.5. The molecule has 0 bridgehead atoms. The van der Waals surface area contributed by atoms with Crippen molar-refractivity contribution in [2.75, 3.05) is 19.6 Å². The minimum Gasteiger partial charge on any atom is -0.468 e. The van der Waals surface area contributed by atoms with Crippen LogP contribution in [0.5, 0.6) is 0 Å². The van der Waals surface area contributed by atoms with Gasteiger partial charge in [-0.1, -0.05) is 12.5 Å². The number of pyridine rings is 1. The summed E-state index contributed by atoms with van der Waals surface area (Å²) in [6.07, 6.45) is 10.6. The van der Waals surface area contributed by atoms with E-state index in [1.807, 2.05) is 36.5 Å². The second-order valence-electron chi connectivity index (χ2n) is 7.13. The Bertz CT molecular complexity index is 888. The van der Waals surface area contributed by atoms with E-state index >= 15 is 0 Å². The number of furan rings is 1. The monoisotopic (exact) mass is 394 g/mol. The fourth-order valence-electron chi connectivity index (χ4n) is 3.72. The maximum atomic E-state index is 12.5. The van der Waals surface area contributed by atoms with Crippen molar-refractivity contribution in [3.63, 3.8) is 0 Å². The highest BCUT2D eigenvalue weighted by Gasteiger charge is 2.24. The van der Waals surface area contributed by atoms with Crippen molar-refractivity contribution in [3.05, 3.63) is 66.5 Å². The van der Waals surface area contributed by atoms with Gasteiger partial charge in [0.2, 0.25) is 0 Å². The van der Waals surface area contributed by atoms with Gasteiger partial charge in [0.1, 0.15) is 5.76 Å². The van der Waals surface area contributed by atoms with Crippen LogP contribution in [0.4, 0.5) is 4.79 Å². The predicted molar refractivity (Wildman–Crippen MR) is 108 cm³/mol. The summed E-state index contributed by atoms with van der Waals surface area (Å²) in [5.41, 5.74) is 0.893. The van der Waals surface area contributed by atoms with Gasteiger partial charge in [-0.05, 0) is 50.2 Å². The number of carbonyl (C=O) groups excluding carboxylic acids is 1. The van der Waals surface area contributed by atoms with Gasteiger partial charge in [0.05, 0.1) is 12.3 Å². The van der Waals surface area contributed by atoms with Gasteiger partial charge >= 0.3 is 6.03 Å². The molecule has 0 saturated carbocycles. The Hall–Kier alpha value is -3.13. The zero-order chi connectivity index (χ0) is 19.9. The number of urea groups is 1. The van der Waals surface area contributed by atoms with Gasteiger partial charge in [-0.25, -0.2) is 14.5 Å². The van der Waals surface area contributed by atoms with Crippen molar-refractivity contribution in [1.29, 1.82) is 0 Å². The summed E-state index contributed by atoms with van der Waals surface area (Å²) in [7, 11) is 0. The molecule has 2 amide bonds. The molecule has 4 rings (SSSR count). The quantitative estimate of drug-likeness (QED) is 0.643. The number of rotatable bonds is 7. The first kappa shape index (κ1) is 19.2. The number of nitrogens with zero attached hydrogens (tertiary/aromatic N) is 4. The molecule has 1 atom stereocenters. The smallest absolute Gasteiger partial charge is 0.315 e. The molecule has 0 spiro atoms. The number of piperidine rings is 1. The lowest BCUT2D eigenvalue weighted by molar-refractivity contribution is 0.143. The zero-order valence-corrected chi connectivity index (χ0v) is 16.3. The fourth-order valence-corrected chi connectivity index (χ4v) is 3.72. The first-order valence-electron chi connectivity index (χ1n) is 10.0. The molecule has 1 aliphatic rings. The fraction of sp³-hybridized carbons (Fsp3) is 0.381. The average Bonchev–Trinajstić information content (AvgIpc) is 3.48. The van der Waals surface area contributed by atoms with Crippen LogP contribution in [-0.4, -0.2) is 45.3 Å². The van der Waals surface area contributed by atoms with E-state index in [4.69, 9.17) is 4.42 Å². The molecule has 1 fully saturated rings. The Morgan fingerprint density at radius 2 is 2.00 bits per heavy atom. The van der Waals surface area contributed by atoms with Crippen LogP contribution in [0.3, 0.4) is 0 Å². The zero-order valence-electron chi connectivity index (χ0n) is 16.3. The molecule has 0 radical (unpaired) electrons. The second kappa shape index (κ2) is 9.38. The SMILES string of the molecule is O=C(NCc1cccnc1-n1cccn1)NCC(c1ccco1)N1CCCCC1. The van der Waals surface area contributed by atoms with Crippen LogP contribution in [0.1, 0.15) is 36.6 Å². The van der Waals surface area contributed by atoms with Crippen molar-refractivity contribution in [3.8, 4) is 5.82 Å². The minimum atomic E-state index is -0.214. The third-order valence-electron chi connectivity index (χ3n) is 5.19. The van der Waals surface area contributed by atoms with E-state index in [0.29, 0.717) is 18.9 Å². The molecule has 1 saturated heterocycles. The second-order valence-corrected chi connectivity index (χ2v) is 7.13. The Balaban J connectivity index is 1.35. The molecular weight excluding hydrogens is 368 g/mol. The summed E-state index contributed by atoms with van der Waals surface area (Å²) in [5.74, 6) is 1.60. The largest absolute Gasteiger partial charge is 0.468 e. The molecular formula is C21H26N6O2. The standard InChI is InChI=1S/C21H26N6O2/c28-21(23-15-17-7-4-9-22-20(17)27-13-6-10-25-27)24-16-18(19-8-5-14-29-19)26-11-2-1-3-12-26/h4-10,13-14,18H,1-3,11-12,15-16H2,(H2,23,24,28). The highest BCUT2D eigenvalue weighted by Crippen LogP contribution is 2.24. The third-order valence-corrected chi connectivity index (χ3v) is 5.19. The number of hydrogen-bond donors (Lipinski definition) is 2. The van der Waals surface area contributed by atoms with E-state index in [9.17, 15) is 4.79 Å². The van der Waals surface area contributed by atoms with Gasteiger partial charge in [-0.15, -0.1) is 0 Å². The number of likely N-dealkylation sites (tertiary alicyclic amines) is 1. The molecule has 8 nitrogen and oxygen atoms in total. The number of nitrogens with one attached hydrogen (secondary N) is 2. The van der Waals surface area contributed by atoms with Crippen LogP contribution in [0.2, 0.25) is 0 Å². The van der Waals surface area contributed by atoms with E-state index in [0.717, 1.165) is 24.4 Å². The van der Waals surface area contributed by atoms with Gasteiger partial charge in [0.25, 0.3) is 0 Å². The lowest BCUT2D eigenvalue weighted by Crippen LogP contribution is -2.43. The minimum absolute atomic E-state index is 0.0501. The van der Waals surface area contributed by atoms with Crippen LogP contribution < -0.4 is 10.6 Å². The predicted octanol–water partition coefficient (Wildman–Crippen LogP) is 2.89. The Kier molecular flexibility index (Phi) is 6.21.